The second-order valence-electron chi connectivity index (χ2n) is 1.47. The average molecular weight is 144 g/mol. The Bertz CT molecular complexity index is 40.5. The second-order valence-corrected chi connectivity index (χ2v) is 1.47. The fourth-order valence-electron chi connectivity index (χ4n) is 0. The minimum absolute atomic E-state index is 0. The molecule has 0 aliphatic carbocycles. The fourth-order valence-corrected chi connectivity index (χ4v) is 0. The lowest BCUT2D eigenvalue weighted by atomic mass is 10.4. The van der Waals surface area contributed by atoms with Crippen LogP contribution in [0.3, 0.4) is 0 Å². The van der Waals surface area contributed by atoms with Crippen LogP contribution in [0, 0.1) is 0 Å². The standard InChI is InChI=1S/C4H10.C4H6.H4Si/c2*1-3-4-2;/h3-4H2,1-2H3;3-4H,1-2H2;1H4. The highest BCUT2D eigenvalue weighted by Crippen LogP contribution is 1.76. The molecule has 0 bridgehead atoms. The topological polar surface area (TPSA) is 0 Å². The first-order valence-electron chi connectivity index (χ1n) is 3.06. The molecule has 0 fully saturated rings. The summed E-state index contributed by atoms with van der Waals surface area (Å²) in [6, 6.07) is 0. The highest BCUT2D eigenvalue weighted by atomic mass is 28.1. The molecule has 0 atom stereocenters. The van der Waals surface area contributed by atoms with Crippen molar-refractivity contribution in [1.29, 1.82) is 0 Å². The first-order chi connectivity index (χ1) is 3.83. The van der Waals surface area contributed by atoms with Crippen molar-refractivity contribution in [3.8, 4) is 0 Å². The van der Waals surface area contributed by atoms with Crippen LogP contribution >= 0.6 is 0 Å². The fraction of sp³-hybridized carbons (Fsp3) is 0.500. The molecule has 0 spiro atoms. The molecule has 0 rings (SSSR count). The Hall–Kier alpha value is -0.303. The van der Waals surface area contributed by atoms with E-state index < -0.39 is 0 Å². The monoisotopic (exact) mass is 144 g/mol. The molecule has 0 saturated carbocycles. The van der Waals surface area contributed by atoms with E-state index in [-0.39, 0.29) is 11.0 Å². The summed E-state index contributed by atoms with van der Waals surface area (Å²) in [6.07, 6.45) is 5.92. The van der Waals surface area contributed by atoms with E-state index in [1.165, 1.54) is 12.8 Å². The van der Waals surface area contributed by atoms with E-state index in [2.05, 4.69) is 27.0 Å². The molecule has 0 heterocycles. The minimum atomic E-state index is 0. The van der Waals surface area contributed by atoms with Gasteiger partial charge in [0.15, 0.2) is 0 Å². The predicted molar refractivity (Wildman–Crippen MR) is 52.3 cm³/mol. The normalized spacial score (nSPS) is 5.56. The first kappa shape index (κ1) is 15.9. The Morgan fingerprint density at radius 2 is 1.22 bits per heavy atom. The summed E-state index contributed by atoms with van der Waals surface area (Å²) in [5.74, 6) is 0. The predicted octanol–water partition coefficient (Wildman–Crippen LogP) is 1.71. The van der Waals surface area contributed by atoms with E-state index in [1.807, 2.05) is 0 Å². The quantitative estimate of drug-likeness (QED) is 0.409. The molecule has 0 saturated heterocycles. The smallest absolute Gasteiger partial charge is 0.0149 e. The number of allylic oxidation sites excluding steroid dienone is 2. The highest BCUT2D eigenvalue weighted by Gasteiger charge is 1.56. The minimum Gasteiger partial charge on any atom is -0.0991 e. The molecule has 9 heavy (non-hydrogen) atoms. The number of unbranched alkanes of at least 4 members (excludes halogenated alkanes) is 1. The van der Waals surface area contributed by atoms with Crippen LogP contribution in [-0.2, 0) is 0 Å². The summed E-state index contributed by atoms with van der Waals surface area (Å²) < 4.78 is 0. The van der Waals surface area contributed by atoms with Crippen LogP contribution in [0.15, 0.2) is 25.3 Å². The molecule has 0 radical (unpaired) electrons. The van der Waals surface area contributed by atoms with Crippen LogP contribution in [0.4, 0.5) is 0 Å². The zero-order valence-electron chi connectivity index (χ0n) is 5.98. The number of hydrogen-bond donors (Lipinski definition) is 0. The molecule has 0 aromatic heterocycles. The van der Waals surface area contributed by atoms with Gasteiger partial charge in [0.1, 0.15) is 0 Å². The Morgan fingerprint density at radius 3 is 1.22 bits per heavy atom. The van der Waals surface area contributed by atoms with Crippen molar-refractivity contribution >= 4 is 11.0 Å². The Balaban J connectivity index is -0.0000000720. The third kappa shape index (κ3) is 86.8. The van der Waals surface area contributed by atoms with E-state index in [1.54, 1.807) is 12.2 Å². The second kappa shape index (κ2) is 25.3. The zero-order valence-corrected chi connectivity index (χ0v) is 5.98. The van der Waals surface area contributed by atoms with Crippen molar-refractivity contribution in [2.45, 2.75) is 26.7 Å². The lowest BCUT2D eigenvalue weighted by Gasteiger charge is -1.68. The highest BCUT2D eigenvalue weighted by molar-refractivity contribution is 5.75. The van der Waals surface area contributed by atoms with E-state index in [4.69, 9.17) is 0 Å². The maximum atomic E-state index is 3.36. The number of rotatable bonds is 2. The molecular weight excluding hydrogens is 124 g/mol. The largest absolute Gasteiger partial charge is 0.0991 e. The summed E-state index contributed by atoms with van der Waals surface area (Å²) in [7, 11) is 0. The lowest BCUT2D eigenvalue weighted by molar-refractivity contribution is 0.886. The third-order valence-electron chi connectivity index (χ3n) is 0.667. The van der Waals surface area contributed by atoms with E-state index in [0.29, 0.717) is 0 Å². The van der Waals surface area contributed by atoms with Gasteiger partial charge in [0, 0.05) is 0 Å². The SMILES string of the molecule is C=CC=C.CCCC.[SiH4]. The van der Waals surface area contributed by atoms with Gasteiger partial charge < -0.3 is 0 Å². The van der Waals surface area contributed by atoms with Crippen molar-refractivity contribution in [2.24, 2.45) is 0 Å². The van der Waals surface area contributed by atoms with Crippen molar-refractivity contribution in [3.63, 3.8) is 0 Å². The zero-order chi connectivity index (χ0) is 6.83. The van der Waals surface area contributed by atoms with E-state index in [9.17, 15) is 0 Å². The molecule has 0 unspecified atom stereocenters. The molecule has 0 nitrogen and oxygen atoms in total. The van der Waals surface area contributed by atoms with Crippen LogP contribution in [0.5, 0.6) is 0 Å². The van der Waals surface area contributed by atoms with Gasteiger partial charge in [-0.05, 0) is 11.0 Å². The Kier molecular flexibility index (Phi) is 44.6. The molecule has 0 aromatic rings. The first-order valence-corrected chi connectivity index (χ1v) is 3.06. The van der Waals surface area contributed by atoms with Gasteiger partial charge in [-0.25, -0.2) is 0 Å². The Morgan fingerprint density at radius 1 is 1.00 bits per heavy atom. The molecule has 56 valence electrons. The maximum Gasteiger partial charge on any atom is -0.0149 e. The summed E-state index contributed by atoms with van der Waals surface area (Å²) in [5, 5.41) is 0. The summed E-state index contributed by atoms with van der Waals surface area (Å²) >= 11 is 0. The van der Waals surface area contributed by atoms with Gasteiger partial charge in [0.25, 0.3) is 0 Å². The number of hydrogen-bond acceptors (Lipinski definition) is 0. The maximum absolute atomic E-state index is 3.36. The van der Waals surface area contributed by atoms with Crippen LogP contribution in [0.2, 0.25) is 0 Å². The van der Waals surface area contributed by atoms with Crippen LogP contribution in [-0.4, -0.2) is 11.0 Å². The van der Waals surface area contributed by atoms with Gasteiger partial charge >= 0.3 is 0 Å². The van der Waals surface area contributed by atoms with Gasteiger partial charge in [0.2, 0.25) is 0 Å². The lowest BCUT2D eigenvalue weighted by Crippen LogP contribution is -1.47. The van der Waals surface area contributed by atoms with Gasteiger partial charge in [-0.2, -0.15) is 0 Å². The third-order valence-corrected chi connectivity index (χ3v) is 0.667. The average Bonchev–Trinajstić information content (AvgIpc) is 1.88. The molecule has 0 amide bonds. The molecule has 0 aliphatic heterocycles. The molecule has 0 N–H and O–H groups in total. The molecule has 0 aliphatic rings. The van der Waals surface area contributed by atoms with Gasteiger partial charge in [-0.3, -0.25) is 0 Å². The summed E-state index contributed by atoms with van der Waals surface area (Å²) in [6.45, 7) is 11.1. The van der Waals surface area contributed by atoms with Gasteiger partial charge in [0.05, 0.1) is 0 Å². The van der Waals surface area contributed by atoms with Crippen molar-refractivity contribution in [3.05, 3.63) is 25.3 Å². The van der Waals surface area contributed by atoms with E-state index >= 15 is 0 Å². The van der Waals surface area contributed by atoms with Crippen molar-refractivity contribution in [2.75, 3.05) is 0 Å². The Labute approximate surface area is 63.7 Å². The van der Waals surface area contributed by atoms with Gasteiger partial charge in [-0.1, -0.05) is 52.0 Å². The van der Waals surface area contributed by atoms with Crippen LogP contribution in [0.25, 0.3) is 0 Å². The summed E-state index contributed by atoms with van der Waals surface area (Å²) in [5.41, 5.74) is 0. The van der Waals surface area contributed by atoms with E-state index in [0.717, 1.165) is 0 Å². The summed E-state index contributed by atoms with van der Waals surface area (Å²) in [4.78, 5) is 0. The molecule has 0 aromatic carbocycles. The van der Waals surface area contributed by atoms with Gasteiger partial charge in [-0.15, -0.1) is 0 Å². The van der Waals surface area contributed by atoms with Crippen LogP contribution in [0.1, 0.15) is 26.7 Å². The van der Waals surface area contributed by atoms with Crippen molar-refractivity contribution < 1.29 is 0 Å². The molecule has 1 heteroatoms. The van der Waals surface area contributed by atoms with Crippen molar-refractivity contribution in [1.82, 2.24) is 0 Å². The molecular formula is C8H20Si. The van der Waals surface area contributed by atoms with Crippen LogP contribution < -0.4 is 0 Å².